The predicted octanol–water partition coefficient (Wildman–Crippen LogP) is 1.78. The van der Waals surface area contributed by atoms with E-state index in [0.717, 1.165) is 38.2 Å². The number of hydrogen-bond acceptors (Lipinski definition) is 4. The third kappa shape index (κ3) is 3.82. The molecule has 1 aromatic rings. The Bertz CT molecular complexity index is 481. The number of nitrogens with two attached hydrogens (primary N) is 1. The third-order valence-corrected chi connectivity index (χ3v) is 4.64. The second kappa shape index (κ2) is 7.04. The average Bonchev–Trinajstić information content (AvgIpc) is 2.54. The number of piperazine rings is 1. The molecule has 1 saturated heterocycles. The highest BCUT2D eigenvalue weighted by atomic mass is 15.3. The maximum atomic E-state index is 9.51. The van der Waals surface area contributed by atoms with Gasteiger partial charge in [-0.3, -0.25) is 0 Å². The molecule has 1 aliphatic heterocycles. The third-order valence-electron chi connectivity index (χ3n) is 4.64. The molecule has 0 radical (unpaired) electrons. The molecule has 1 aromatic carbocycles. The van der Waals surface area contributed by atoms with Gasteiger partial charge in [-0.1, -0.05) is 37.3 Å². The van der Waals surface area contributed by atoms with Crippen LogP contribution in [-0.4, -0.2) is 49.1 Å². The molecule has 21 heavy (non-hydrogen) atoms. The quantitative estimate of drug-likeness (QED) is 0.896. The van der Waals surface area contributed by atoms with Crippen molar-refractivity contribution >= 4 is 0 Å². The summed E-state index contributed by atoms with van der Waals surface area (Å²) in [4.78, 5) is 4.86. The molecule has 1 aliphatic rings. The Kier molecular flexibility index (Phi) is 5.35. The molecule has 0 bridgehead atoms. The van der Waals surface area contributed by atoms with Crippen LogP contribution in [0.1, 0.15) is 25.3 Å². The molecule has 114 valence electrons. The van der Waals surface area contributed by atoms with Gasteiger partial charge in [-0.25, -0.2) is 0 Å². The zero-order valence-corrected chi connectivity index (χ0v) is 13.1. The Morgan fingerprint density at radius 2 is 2.05 bits per heavy atom. The molecule has 0 spiro atoms. The fraction of sp³-hybridized carbons (Fsp3) is 0.588. The summed E-state index contributed by atoms with van der Waals surface area (Å²) in [6.45, 7) is 6.33. The summed E-state index contributed by atoms with van der Waals surface area (Å²) in [6.07, 6.45) is 1.84. The van der Waals surface area contributed by atoms with Crippen LogP contribution in [-0.2, 0) is 5.54 Å². The van der Waals surface area contributed by atoms with Crippen LogP contribution in [0.5, 0.6) is 0 Å². The first-order chi connectivity index (χ1) is 10.1. The van der Waals surface area contributed by atoms with E-state index in [-0.39, 0.29) is 0 Å². The number of nitrogens with zero attached hydrogens (tertiary/aromatic N) is 3. The summed E-state index contributed by atoms with van der Waals surface area (Å²) in [7, 11) is 2.19. The highest BCUT2D eigenvalue weighted by Crippen LogP contribution is 2.22. The Morgan fingerprint density at radius 1 is 1.33 bits per heavy atom. The Hall–Kier alpha value is -1.41. The zero-order valence-electron chi connectivity index (χ0n) is 13.1. The molecule has 1 heterocycles. The predicted molar refractivity (Wildman–Crippen MR) is 85.7 cm³/mol. The number of benzene rings is 1. The normalized spacial score (nSPS) is 23.4. The minimum Gasteiger partial charge on any atom is -0.310 e. The molecule has 2 rings (SSSR count). The molecule has 2 unspecified atom stereocenters. The lowest BCUT2D eigenvalue weighted by atomic mass is 9.89. The second-order valence-electron chi connectivity index (χ2n) is 6.04. The van der Waals surface area contributed by atoms with Gasteiger partial charge in [0.1, 0.15) is 5.54 Å². The summed E-state index contributed by atoms with van der Waals surface area (Å²) >= 11 is 0. The first-order valence-corrected chi connectivity index (χ1v) is 7.77. The van der Waals surface area contributed by atoms with E-state index in [4.69, 9.17) is 5.73 Å². The van der Waals surface area contributed by atoms with E-state index in [0.29, 0.717) is 12.5 Å². The number of rotatable bonds is 5. The first-order valence-electron chi connectivity index (χ1n) is 7.77. The van der Waals surface area contributed by atoms with Crippen molar-refractivity contribution < 1.29 is 0 Å². The van der Waals surface area contributed by atoms with E-state index in [1.807, 2.05) is 30.3 Å². The lowest BCUT2D eigenvalue weighted by Crippen LogP contribution is -2.52. The topological polar surface area (TPSA) is 56.3 Å². The number of hydrogen-bond donors (Lipinski definition) is 1. The van der Waals surface area contributed by atoms with E-state index >= 15 is 0 Å². The van der Waals surface area contributed by atoms with Crippen LogP contribution in [0.25, 0.3) is 0 Å². The molecule has 4 heteroatoms. The largest absolute Gasteiger partial charge is 0.310 e. The summed E-state index contributed by atoms with van der Waals surface area (Å²) in [5, 5.41) is 9.51. The van der Waals surface area contributed by atoms with E-state index in [9.17, 15) is 5.26 Å². The fourth-order valence-electron chi connectivity index (χ4n) is 2.99. The van der Waals surface area contributed by atoms with Gasteiger partial charge < -0.3 is 15.5 Å². The standard InChI is InChI=1S/C17H26N4/c1-3-16-13-21(12-11-20(16)2)10-9-17(19,14-18)15-7-5-4-6-8-15/h4-8,16H,3,9-13,19H2,1-2H3. The van der Waals surface area contributed by atoms with E-state index in [1.165, 1.54) is 0 Å². The number of likely N-dealkylation sites (N-methyl/N-ethyl adjacent to an activating group) is 1. The molecule has 2 atom stereocenters. The SMILES string of the molecule is CCC1CN(CCC(N)(C#N)c2ccccc2)CCN1C. The average molecular weight is 286 g/mol. The van der Waals surface area contributed by atoms with Crippen molar-refractivity contribution in [3.8, 4) is 6.07 Å². The fourth-order valence-corrected chi connectivity index (χ4v) is 2.99. The number of nitriles is 1. The highest BCUT2D eigenvalue weighted by molar-refractivity contribution is 5.30. The molecule has 0 aliphatic carbocycles. The van der Waals surface area contributed by atoms with Crippen LogP contribution in [0.3, 0.4) is 0 Å². The van der Waals surface area contributed by atoms with Crippen molar-refractivity contribution in [3.63, 3.8) is 0 Å². The zero-order chi connectivity index (χ0) is 15.3. The van der Waals surface area contributed by atoms with Gasteiger partial charge in [-0.15, -0.1) is 0 Å². The highest BCUT2D eigenvalue weighted by Gasteiger charge is 2.29. The molecular formula is C17H26N4. The van der Waals surface area contributed by atoms with Gasteiger partial charge in [-0.2, -0.15) is 5.26 Å². The van der Waals surface area contributed by atoms with Crippen LogP contribution in [0.2, 0.25) is 0 Å². The van der Waals surface area contributed by atoms with E-state index in [1.54, 1.807) is 0 Å². The molecular weight excluding hydrogens is 260 g/mol. The summed E-state index contributed by atoms with van der Waals surface area (Å²) < 4.78 is 0. The van der Waals surface area contributed by atoms with Gasteiger partial charge in [-0.05, 0) is 25.5 Å². The van der Waals surface area contributed by atoms with Gasteiger partial charge >= 0.3 is 0 Å². The van der Waals surface area contributed by atoms with Crippen LogP contribution in [0, 0.1) is 11.3 Å². The van der Waals surface area contributed by atoms with Crippen molar-refractivity contribution in [2.75, 3.05) is 33.2 Å². The van der Waals surface area contributed by atoms with Gasteiger partial charge in [0.05, 0.1) is 6.07 Å². The molecule has 0 saturated carbocycles. The Balaban J connectivity index is 1.97. The maximum absolute atomic E-state index is 9.51. The second-order valence-corrected chi connectivity index (χ2v) is 6.04. The van der Waals surface area contributed by atoms with Gasteiger partial charge in [0.25, 0.3) is 0 Å². The summed E-state index contributed by atoms with van der Waals surface area (Å²) in [5.41, 5.74) is 6.36. The van der Waals surface area contributed by atoms with Crippen LogP contribution in [0.4, 0.5) is 0 Å². The van der Waals surface area contributed by atoms with Crippen LogP contribution < -0.4 is 5.73 Å². The first kappa shape index (κ1) is 16.0. The van der Waals surface area contributed by atoms with Crippen molar-refractivity contribution in [3.05, 3.63) is 35.9 Å². The Morgan fingerprint density at radius 3 is 2.67 bits per heavy atom. The summed E-state index contributed by atoms with van der Waals surface area (Å²) in [5.74, 6) is 0. The van der Waals surface area contributed by atoms with Gasteiger partial charge in [0, 0.05) is 32.2 Å². The molecule has 2 N–H and O–H groups in total. The lowest BCUT2D eigenvalue weighted by Gasteiger charge is -2.40. The van der Waals surface area contributed by atoms with Crippen molar-refractivity contribution in [1.82, 2.24) is 9.80 Å². The minimum absolute atomic E-state index is 0.615. The molecule has 0 amide bonds. The smallest absolute Gasteiger partial charge is 0.131 e. The van der Waals surface area contributed by atoms with Gasteiger partial charge in [0.15, 0.2) is 0 Å². The van der Waals surface area contributed by atoms with Crippen molar-refractivity contribution in [1.29, 1.82) is 5.26 Å². The van der Waals surface area contributed by atoms with E-state index < -0.39 is 5.54 Å². The van der Waals surface area contributed by atoms with Crippen LogP contribution >= 0.6 is 0 Å². The summed E-state index contributed by atoms with van der Waals surface area (Å²) in [6, 6.07) is 12.7. The molecule has 0 aromatic heterocycles. The Labute approximate surface area is 128 Å². The van der Waals surface area contributed by atoms with Crippen molar-refractivity contribution in [2.24, 2.45) is 5.73 Å². The monoisotopic (exact) mass is 286 g/mol. The van der Waals surface area contributed by atoms with Gasteiger partial charge in [0.2, 0.25) is 0 Å². The maximum Gasteiger partial charge on any atom is 0.131 e. The van der Waals surface area contributed by atoms with E-state index in [2.05, 4.69) is 29.8 Å². The lowest BCUT2D eigenvalue weighted by molar-refractivity contribution is 0.0892. The minimum atomic E-state index is -0.883. The van der Waals surface area contributed by atoms with Crippen LogP contribution in [0.15, 0.2) is 30.3 Å². The molecule has 1 fully saturated rings. The molecule has 4 nitrogen and oxygen atoms in total. The van der Waals surface area contributed by atoms with Crippen molar-refractivity contribution in [2.45, 2.75) is 31.3 Å².